The number of carbonyl (C=O) groups is 2. The van der Waals surface area contributed by atoms with Gasteiger partial charge in [-0.2, -0.15) is 0 Å². The van der Waals surface area contributed by atoms with E-state index < -0.39 is 36.2 Å². The molecule has 4 rings (SSSR count). The minimum atomic E-state index is -1.09. The van der Waals surface area contributed by atoms with E-state index >= 15 is 0 Å². The third kappa shape index (κ3) is 5.72. The minimum absolute atomic E-state index is 0.165. The van der Waals surface area contributed by atoms with Crippen molar-refractivity contribution in [1.29, 1.82) is 0 Å². The van der Waals surface area contributed by atoms with E-state index in [1.807, 2.05) is 13.0 Å². The molecule has 1 amide bonds. The molecule has 1 aliphatic rings. The first-order valence-electron chi connectivity index (χ1n) is 11.7. The molecule has 1 heterocycles. The highest BCUT2D eigenvalue weighted by Gasteiger charge is 2.48. The summed E-state index contributed by atoms with van der Waals surface area (Å²) in [7, 11) is 0. The molecule has 0 saturated carbocycles. The monoisotopic (exact) mass is 529 g/mol. The molecule has 0 radical (unpaired) electrons. The highest BCUT2D eigenvalue weighted by Crippen LogP contribution is 2.44. The van der Waals surface area contributed by atoms with Gasteiger partial charge in [-0.25, -0.2) is 9.18 Å². The van der Waals surface area contributed by atoms with Crippen molar-refractivity contribution < 1.29 is 23.8 Å². The molecule has 0 bridgehead atoms. The zero-order valence-corrected chi connectivity index (χ0v) is 21.1. The molecule has 0 aromatic heterocycles. The Kier molecular flexibility index (Phi) is 8.29. The first kappa shape index (κ1) is 26.1. The van der Waals surface area contributed by atoms with Crippen LogP contribution in [0.3, 0.4) is 0 Å². The number of ether oxygens (including phenoxy) is 1. The molecule has 3 aromatic rings. The van der Waals surface area contributed by atoms with Gasteiger partial charge in [-0.1, -0.05) is 72.9 Å². The van der Waals surface area contributed by atoms with Crippen molar-refractivity contribution in [3.8, 4) is 0 Å². The van der Waals surface area contributed by atoms with E-state index in [-0.39, 0.29) is 18.7 Å². The average molecular weight is 530 g/mol. The van der Waals surface area contributed by atoms with Gasteiger partial charge in [0.2, 0.25) is 0 Å². The molecule has 5 nitrogen and oxygen atoms in total. The lowest BCUT2D eigenvalue weighted by molar-refractivity contribution is -0.184. The topological polar surface area (TPSA) is 66.8 Å². The Morgan fingerprint density at radius 3 is 2.33 bits per heavy atom. The van der Waals surface area contributed by atoms with Crippen LogP contribution in [0.15, 0.2) is 72.8 Å². The van der Waals surface area contributed by atoms with Crippen molar-refractivity contribution in [2.75, 3.05) is 0 Å². The highest BCUT2D eigenvalue weighted by atomic mass is 35.5. The number of rotatable bonds is 8. The van der Waals surface area contributed by atoms with Crippen molar-refractivity contribution >= 4 is 35.1 Å². The number of halogens is 3. The van der Waals surface area contributed by atoms with Crippen molar-refractivity contribution in [3.63, 3.8) is 0 Å². The number of benzene rings is 3. The van der Waals surface area contributed by atoms with Gasteiger partial charge in [-0.05, 0) is 59.5 Å². The predicted molar refractivity (Wildman–Crippen MR) is 137 cm³/mol. The number of carbonyl (C=O) groups excluding carboxylic acids is 1. The maximum atomic E-state index is 13.9. The SMILES string of the molecule is CCC[C@@H](C(=O)O)N1C(=O)C(Cc2ccc(F)cc2)O[C@@H](c2cccc(Cl)c2)[C@H]1c1ccc(Cl)cc1. The smallest absolute Gasteiger partial charge is 0.326 e. The van der Waals surface area contributed by atoms with E-state index in [4.69, 9.17) is 27.9 Å². The number of hydrogen-bond donors (Lipinski definition) is 1. The van der Waals surface area contributed by atoms with Gasteiger partial charge in [-0.15, -0.1) is 0 Å². The minimum Gasteiger partial charge on any atom is -0.480 e. The second kappa shape index (κ2) is 11.4. The Balaban J connectivity index is 1.85. The first-order chi connectivity index (χ1) is 17.3. The van der Waals surface area contributed by atoms with Crippen molar-refractivity contribution in [3.05, 3.63) is 105 Å². The molecule has 4 atom stereocenters. The largest absolute Gasteiger partial charge is 0.480 e. The number of hydrogen-bond acceptors (Lipinski definition) is 3. The van der Waals surface area contributed by atoms with Crippen LogP contribution in [0.4, 0.5) is 4.39 Å². The van der Waals surface area contributed by atoms with Crippen molar-refractivity contribution in [2.24, 2.45) is 0 Å². The Morgan fingerprint density at radius 1 is 1.03 bits per heavy atom. The highest BCUT2D eigenvalue weighted by molar-refractivity contribution is 6.30. The third-order valence-corrected chi connectivity index (χ3v) is 6.82. The van der Waals surface area contributed by atoms with Crippen LogP contribution >= 0.6 is 23.2 Å². The molecule has 0 spiro atoms. The Morgan fingerprint density at radius 2 is 1.72 bits per heavy atom. The summed E-state index contributed by atoms with van der Waals surface area (Å²) in [6.45, 7) is 1.88. The van der Waals surface area contributed by atoms with Gasteiger partial charge in [0.25, 0.3) is 5.91 Å². The Labute approximate surface area is 219 Å². The Bertz CT molecular complexity index is 1220. The molecule has 1 N–H and O–H groups in total. The molecule has 8 heteroatoms. The van der Waals surface area contributed by atoms with Crippen LogP contribution in [0.1, 0.15) is 48.6 Å². The fourth-order valence-corrected chi connectivity index (χ4v) is 5.00. The number of nitrogens with zero attached hydrogens (tertiary/aromatic N) is 1. The van der Waals surface area contributed by atoms with Crippen LogP contribution in [-0.4, -0.2) is 34.0 Å². The summed E-state index contributed by atoms with van der Waals surface area (Å²) in [5.41, 5.74) is 2.11. The van der Waals surface area contributed by atoms with Gasteiger partial charge in [-0.3, -0.25) is 4.79 Å². The second-order valence-electron chi connectivity index (χ2n) is 8.82. The quantitative estimate of drug-likeness (QED) is 0.355. The van der Waals surface area contributed by atoms with Crippen molar-refractivity contribution in [1.82, 2.24) is 4.90 Å². The Hall–Kier alpha value is -2.93. The van der Waals surface area contributed by atoms with Gasteiger partial charge in [0.1, 0.15) is 24.1 Å². The van der Waals surface area contributed by atoms with Crippen LogP contribution < -0.4 is 0 Å². The zero-order chi connectivity index (χ0) is 25.8. The zero-order valence-electron chi connectivity index (χ0n) is 19.6. The van der Waals surface area contributed by atoms with E-state index in [0.717, 1.165) is 0 Å². The molecular formula is C28H26Cl2FNO4. The van der Waals surface area contributed by atoms with E-state index in [1.54, 1.807) is 54.6 Å². The van der Waals surface area contributed by atoms with Crippen molar-refractivity contribution in [2.45, 2.75) is 50.5 Å². The summed E-state index contributed by atoms with van der Waals surface area (Å²) in [6.07, 6.45) is -0.664. The number of carboxylic acid groups (broad SMARTS) is 1. The number of amides is 1. The molecule has 1 fully saturated rings. The average Bonchev–Trinajstić information content (AvgIpc) is 2.85. The van der Waals surface area contributed by atoms with Gasteiger partial charge < -0.3 is 14.7 Å². The lowest BCUT2D eigenvalue weighted by atomic mass is 9.88. The van der Waals surface area contributed by atoms with Gasteiger partial charge in [0, 0.05) is 16.5 Å². The van der Waals surface area contributed by atoms with Gasteiger partial charge in [0.05, 0.1) is 6.04 Å². The van der Waals surface area contributed by atoms with E-state index in [9.17, 15) is 19.1 Å². The molecule has 188 valence electrons. The van der Waals surface area contributed by atoms with E-state index in [0.29, 0.717) is 33.2 Å². The molecule has 1 aliphatic heterocycles. The summed E-state index contributed by atoms with van der Waals surface area (Å²) in [5, 5.41) is 11.2. The lowest BCUT2D eigenvalue weighted by Gasteiger charge is -2.47. The van der Waals surface area contributed by atoms with Crippen LogP contribution in [0.25, 0.3) is 0 Å². The lowest BCUT2D eigenvalue weighted by Crippen LogP contribution is -2.57. The number of aliphatic carboxylic acids is 1. The maximum Gasteiger partial charge on any atom is 0.326 e. The first-order valence-corrected chi connectivity index (χ1v) is 12.5. The molecular weight excluding hydrogens is 504 g/mol. The fraction of sp³-hybridized carbons (Fsp3) is 0.286. The van der Waals surface area contributed by atoms with E-state index in [2.05, 4.69) is 0 Å². The molecule has 36 heavy (non-hydrogen) atoms. The molecule has 1 unspecified atom stereocenters. The van der Waals surface area contributed by atoms with E-state index in [1.165, 1.54) is 17.0 Å². The van der Waals surface area contributed by atoms with Crippen LogP contribution in [0.5, 0.6) is 0 Å². The summed E-state index contributed by atoms with van der Waals surface area (Å²) < 4.78 is 19.9. The standard InChI is InChI=1S/C28H26Cl2FNO4/c1-2-4-23(28(34)35)32-25(18-9-11-20(29)12-10-18)26(19-5-3-6-21(30)16-19)36-24(27(32)33)15-17-7-13-22(31)14-8-17/h3,5-14,16,23-26H,2,4,15H2,1H3,(H,34,35)/t23-,24?,25+,26-/m0/s1. The van der Waals surface area contributed by atoms with Gasteiger partial charge in [0.15, 0.2) is 0 Å². The molecule has 1 saturated heterocycles. The molecule has 3 aromatic carbocycles. The fourth-order valence-electron chi connectivity index (χ4n) is 4.67. The number of carboxylic acids is 1. The normalized spacial score (nSPS) is 20.8. The number of morpholine rings is 1. The van der Waals surface area contributed by atoms with Crippen LogP contribution in [0, 0.1) is 5.82 Å². The predicted octanol–water partition coefficient (Wildman–Crippen LogP) is 6.64. The van der Waals surface area contributed by atoms with Gasteiger partial charge >= 0.3 is 5.97 Å². The summed E-state index contributed by atoms with van der Waals surface area (Å²) in [5.74, 6) is -1.90. The second-order valence-corrected chi connectivity index (χ2v) is 9.69. The third-order valence-electron chi connectivity index (χ3n) is 6.33. The summed E-state index contributed by atoms with van der Waals surface area (Å²) in [6, 6.07) is 18.1. The summed E-state index contributed by atoms with van der Waals surface area (Å²) >= 11 is 12.4. The molecule has 0 aliphatic carbocycles. The van der Waals surface area contributed by atoms with Crippen LogP contribution in [0.2, 0.25) is 10.0 Å². The maximum absolute atomic E-state index is 13.9. The summed E-state index contributed by atoms with van der Waals surface area (Å²) in [4.78, 5) is 27.8. The van der Waals surface area contributed by atoms with Crippen LogP contribution in [-0.2, 0) is 20.7 Å².